The lowest BCUT2D eigenvalue weighted by molar-refractivity contribution is -0.116. The molecular formula is C11H16N2O3S2. The monoisotopic (exact) mass is 288 g/mol. The molecule has 0 aliphatic heterocycles. The first-order valence-electron chi connectivity index (χ1n) is 5.42. The Bertz CT molecular complexity index is 532. The molecule has 1 aromatic heterocycles. The van der Waals surface area contributed by atoms with Crippen LogP contribution in [0, 0.1) is 6.92 Å². The number of aryl methyl sites for hydroxylation is 1. The van der Waals surface area contributed by atoms with Crippen LogP contribution < -0.4 is 5.32 Å². The number of sulfone groups is 1. The average molecular weight is 288 g/mol. The van der Waals surface area contributed by atoms with Gasteiger partial charge in [-0.2, -0.15) is 0 Å². The normalized spacial score (nSPS) is 11.9. The summed E-state index contributed by atoms with van der Waals surface area (Å²) < 4.78 is 21.7. The zero-order chi connectivity index (χ0) is 13.6. The van der Waals surface area contributed by atoms with Gasteiger partial charge < -0.3 is 5.32 Å². The Kier molecular flexibility index (Phi) is 5.49. The van der Waals surface area contributed by atoms with Gasteiger partial charge in [-0.3, -0.25) is 4.79 Å². The highest BCUT2D eigenvalue weighted by Crippen LogP contribution is 2.08. The van der Waals surface area contributed by atoms with Gasteiger partial charge >= 0.3 is 0 Å². The fourth-order valence-corrected chi connectivity index (χ4v) is 2.47. The highest BCUT2D eigenvalue weighted by molar-refractivity contribution is 7.90. The van der Waals surface area contributed by atoms with Gasteiger partial charge in [-0.1, -0.05) is 0 Å². The van der Waals surface area contributed by atoms with Crippen molar-refractivity contribution in [3.05, 3.63) is 22.2 Å². The lowest BCUT2D eigenvalue weighted by Gasteiger charge is -2.00. The molecule has 0 bridgehead atoms. The van der Waals surface area contributed by atoms with Crippen LogP contribution in [0.2, 0.25) is 0 Å². The number of nitrogens with zero attached hydrogens (tertiary/aromatic N) is 1. The maximum atomic E-state index is 11.4. The predicted octanol–water partition coefficient (Wildman–Crippen LogP) is 1.02. The summed E-state index contributed by atoms with van der Waals surface area (Å²) >= 11 is 1.52. The summed E-state index contributed by atoms with van der Waals surface area (Å²) in [5.41, 5.74) is 0.754. The van der Waals surface area contributed by atoms with E-state index in [1.54, 1.807) is 6.08 Å². The van der Waals surface area contributed by atoms with E-state index < -0.39 is 9.84 Å². The number of aromatic nitrogens is 1. The molecule has 1 heterocycles. The molecule has 7 heteroatoms. The lowest BCUT2D eigenvalue weighted by atomic mass is 10.4. The van der Waals surface area contributed by atoms with E-state index >= 15 is 0 Å². The molecule has 0 spiro atoms. The molecule has 0 saturated heterocycles. The van der Waals surface area contributed by atoms with E-state index in [0.717, 1.165) is 10.7 Å². The van der Waals surface area contributed by atoms with Crippen LogP contribution >= 0.6 is 11.3 Å². The minimum Gasteiger partial charge on any atom is -0.353 e. The molecule has 0 aromatic carbocycles. The summed E-state index contributed by atoms with van der Waals surface area (Å²) in [6.45, 7) is 2.25. The summed E-state index contributed by atoms with van der Waals surface area (Å²) in [5.74, 6) is -0.156. The summed E-state index contributed by atoms with van der Waals surface area (Å²) in [7, 11) is -2.95. The number of carbonyl (C=O) groups is 1. The van der Waals surface area contributed by atoms with E-state index in [1.807, 2.05) is 12.3 Å². The molecule has 1 aromatic rings. The highest BCUT2D eigenvalue weighted by atomic mass is 32.2. The van der Waals surface area contributed by atoms with Crippen molar-refractivity contribution in [2.24, 2.45) is 0 Å². The maximum Gasteiger partial charge on any atom is 0.244 e. The van der Waals surface area contributed by atoms with Gasteiger partial charge in [0.2, 0.25) is 5.91 Å². The van der Waals surface area contributed by atoms with E-state index in [9.17, 15) is 13.2 Å². The first-order chi connectivity index (χ1) is 8.37. The Labute approximate surface area is 111 Å². The van der Waals surface area contributed by atoms with E-state index in [4.69, 9.17) is 0 Å². The van der Waals surface area contributed by atoms with Crippen LogP contribution in [0.25, 0.3) is 6.08 Å². The predicted molar refractivity (Wildman–Crippen MR) is 73.2 cm³/mol. The molecule has 0 unspecified atom stereocenters. The van der Waals surface area contributed by atoms with Gasteiger partial charge in [0.05, 0.1) is 16.5 Å². The molecular weight excluding hydrogens is 272 g/mol. The quantitative estimate of drug-likeness (QED) is 0.626. The average Bonchev–Trinajstić information content (AvgIpc) is 2.66. The fourth-order valence-electron chi connectivity index (χ4n) is 1.22. The smallest absolute Gasteiger partial charge is 0.244 e. The first kappa shape index (κ1) is 14.8. The lowest BCUT2D eigenvalue weighted by Crippen LogP contribution is -2.23. The third-order valence-corrected chi connectivity index (χ3v) is 3.86. The van der Waals surface area contributed by atoms with Crippen molar-refractivity contribution in [3.63, 3.8) is 0 Å². The number of amides is 1. The van der Waals surface area contributed by atoms with Crippen LogP contribution in [0.1, 0.15) is 17.1 Å². The van der Waals surface area contributed by atoms with Crippen LogP contribution in [-0.2, 0) is 14.6 Å². The first-order valence-corrected chi connectivity index (χ1v) is 8.36. The largest absolute Gasteiger partial charge is 0.353 e. The molecule has 1 rings (SSSR count). The van der Waals surface area contributed by atoms with E-state index in [-0.39, 0.29) is 11.7 Å². The van der Waals surface area contributed by atoms with Crippen molar-refractivity contribution in [3.8, 4) is 0 Å². The Hall–Kier alpha value is -1.21. The zero-order valence-electron chi connectivity index (χ0n) is 10.3. The topological polar surface area (TPSA) is 76.1 Å². The number of nitrogens with one attached hydrogen (secondary N) is 1. The standard InChI is InChI=1S/C11H16N2O3S2/c1-9-13-10(8-17-9)4-5-11(14)12-6-3-7-18(2,15)16/h4-5,8H,3,6-7H2,1-2H3,(H,12,14)/b5-4-. The summed E-state index contributed by atoms with van der Waals surface area (Å²) in [4.78, 5) is 15.6. The van der Waals surface area contributed by atoms with Gasteiger partial charge in [0, 0.05) is 24.3 Å². The number of hydrogen-bond acceptors (Lipinski definition) is 5. The third-order valence-electron chi connectivity index (χ3n) is 2.03. The van der Waals surface area contributed by atoms with E-state index in [1.165, 1.54) is 23.7 Å². The minimum atomic E-state index is -2.95. The van der Waals surface area contributed by atoms with Gasteiger partial charge in [-0.05, 0) is 19.4 Å². The van der Waals surface area contributed by atoms with Crippen molar-refractivity contribution in [2.75, 3.05) is 18.6 Å². The van der Waals surface area contributed by atoms with Crippen molar-refractivity contribution in [1.82, 2.24) is 10.3 Å². The van der Waals surface area contributed by atoms with Crippen molar-refractivity contribution in [2.45, 2.75) is 13.3 Å². The number of carbonyl (C=O) groups excluding carboxylic acids is 1. The van der Waals surface area contributed by atoms with Gasteiger partial charge in [0.15, 0.2) is 0 Å². The van der Waals surface area contributed by atoms with Crippen molar-refractivity contribution in [1.29, 1.82) is 0 Å². The second-order valence-electron chi connectivity index (χ2n) is 3.90. The van der Waals surface area contributed by atoms with E-state index in [0.29, 0.717) is 13.0 Å². The number of thiazole rings is 1. The molecule has 18 heavy (non-hydrogen) atoms. The molecule has 0 atom stereocenters. The molecule has 0 aliphatic rings. The zero-order valence-corrected chi connectivity index (χ0v) is 12.0. The van der Waals surface area contributed by atoms with Crippen LogP contribution in [0.3, 0.4) is 0 Å². The van der Waals surface area contributed by atoms with Gasteiger partial charge in [-0.15, -0.1) is 11.3 Å². The van der Waals surface area contributed by atoms with Crippen LogP contribution in [0.5, 0.6) is 0 Å². The molecule has 0 radical (unpaired) electrons. The van der Waals surface area contributed by atoms with Crippen molar-refractivity contribution >= 4 is 33.2 Å². The Morgan fingerprint density at radius 1 is 1.56 bits per heavy atom. The summed E-state index contributed by atoms with van der Waals surface area (Å²) in [6.07, 6.45) is 4.64. The molecule has 0 fully saturated rings. The molecule has 5 nitrogen and oxygen atoms in total. The summed E-state index contributed by atoms with van der Waals surface area (Å²) in [5, 5.41) is 5.43. The van der Waals surface area contributed by atoms with Gasteiger partial charge in [-0.25, -0.2) is 13.4 Å². The van der Waals surface area contributed by atoms with Crippen LogP contribution in [-0.4, -0.2) is 37.9 Å². The van der Waals surface area contributed by atoms with E-state index in [2.05, 4.69) is 10.3 Å². The SMILES string of the molecule is Cc1nc(/C=C\C(=O)NCCCS(C)(=O)=O)cs1. The minimum absolute atomic E-state index is 0.0856. The van der Waals surface area contributed by atoms with Gasteiger partial charge in [0.1, 0.15) is 9.84 Å². The Morgan fingerprint density at radius 3 is 2.83 bits per heavy atom. The maximum absolute atomic E-state index is 11.4. The second-order valence-corrected chi connectivity index (χ2v) is 7.22. The number of rotatable bonds is 6. The molecule has 0 aliphatic carbocycles. The van der Waals surface area contributed by atoms with Gasteiger partial charge in [0.25, 0.3) is 0 Å². The molecule has 100 valence electrons. The Balaban J connectivity index is 2.28. The van der Waals surface area contributed by atoms with Crippen LogP contribution in [0.4, 0.5) is 0 Å². The second kappa shape index (κ2) is 6.65. The Morgan fingerprint density at radius 2 is 2.28 bits per heavy atom. The number of hydrogen-bond donors (Lipinski definition) is 1. The molecule has 1 N–H and O–H groups in total. The highest BCUT2D eigenvalue weighted by Gasteiger charge is 2.02. The summed E-state index contributed by atoms with van der Waals surface area (Å²) in [6, 6.07) is 0. The third kappa shape index (κ3) is 6.51. The van der Waals surface area contributed by atoms with Crippen molar-refractivity contribution < 1.29 is 13.2 Å². The van der Waals surface area contributed by atoms with Crippen LogP contribution in [0.15, 0.2) is 11.5 Å². The molecule has 0 saturated carbocycles. The molecule has 1 amide bonds. The fraction of sp³-hybridized carbons (Fsp3) is 0.455.